The number of hydrogen-bond donors (Lipinski definition) is 1. The molecule has 1 N–H and O–H groups in total. The molecule has 0 unspecified atom stereocenters. The third kappa shape index (κ3) is 6.95. The lowest BCUT2D eigenvalue weighted by Gasteiger charge is -2.30. The first-order valence-corrected chi connectivity index (χ1v) is 13.1. The number of carbonyl (C=O) groups is 1. The van der Waals surface area contributed by atoms with Crippen LogP contribution in [-0.4, -0.2) is 44.9 Å². The smallest absolute Gasteiger partial charge is 0.223 e. The number of nitrogens with zero attached hydrogens (tertiary/aromatic N) is 1. The molecule has 1 fully saturated rings. The van der Waals surface area contributed by atoms with Crippen molar-refractivity contribution < 1.29 is 22.7 Å². The highest BCUT2D eigenvalue weighted by molar-refractivity contribution is 7.88. The molecule has 0 aliphatic carbocycles. The van der Waals surface area contributed by atoms with Crippen molar-refractivity contribution in [2.75, 3.05) is 26.3 Å². The molecule has 8 heteroatoms. The van der Waals surface area contributed by atoms with E-state index in [0.29, 0.717) is 57.2 Å². The first kappa shape index (κ1) is 25.1. The van der Waals surface area contributed by atoms with E-state index in [2.05, 4.69) is 5.32 Å². The maximum atomic E-state index is 12.8. The number of ether oxygens (including phenoxy) is 2. The van der Waals surface area contributed by atoms with E-state index in [0.717, 1.165) is 16.7 Å². The molecule has 180 valence electrons. The molecule has 0 atom stereocenters. The van der Waals surface area contributed by atoms with Crippen molar-refractivity contribution in [3.63, 3.8) is 0 Å². The number of sulfonamides is 1. The van der Waals surface area contributed by atoms with E-state index in [1.807, 2.05) is 63.2 Å². The monoisotopic (exact) mass is 474 g/mol. The molecule has 3 rings (SSSR count). The van der Waals surface area contributed by atoms with Crippen molar-refractivity contribution in [2.45, 2.75) is 45.9 Å². The second-order valence-corrected chi connectivity index (χ2v) is 10.3. The van der Waals surface area contributed by atoms with Gasteiger partial charge in [-0.3, -0.25) is 4.79 Å². The van der Waals surface area contributed by atoms with Crippen LogP contribution in [0.1, 0.15) is 43.4 Å². The van der Waals surface area contributed by atoms with Crippen LogP contribution in [0.25, 0.3) is 0 Å². The summed E-state index contributed by atoms with van der Waals surface area (Å²) in [5.74, 6) is 1.11. The molecular formula is C25H34N2O5S. The normalized spacial score (nSPS) is 15.2. The van der Waals surface area contributed by atoms with E-state index in [1.54, 1.807) is 0 Å². The summed E-state index contributed by atoms with van der Waals surface area (Å²) in [6.45, 7) is 7.98. The molecular weight excluding hydrogens is 440 g/mol. The predicted octanol–water partition coefficient (Wildman–Crippen LogP) is 3.65. The molecule has 2 aromatic rings. The van der Waals surface area contributed by atoms with Gasteiger partial charge >= 0.3 is 0 Å². The molecule has 1 aliphatic heterocycles. The van der Waals surface area contributed by atoms with E-state index < -0.39 is 10.0 Å². The summed E-state index contributed by atoms with van der Waals surface area (Å²) in [6, 6.07) is 13.2. The topological polar surface area (TPSA) is 84.9 Å². The Morgan fingerprint density at radius 2 is 1.70 bits per heavy atom. The van der Waals surface area contributed by atoms with Crippen LogP contribution in [0.3, 0.4) is 0 Å². The third-order valence-corrected chi connectivity index (χ3v) is 7.57. The number of nitrogens with one attached hydrogen (secondary N) is 1. The highest BCUT2D eigenvalue weighted by Crippen LogP contribution is 2.29. The minimum atomic E-state index is -3.40. The molecule has 1 amide bonds. The van der Waals surface area contributed by atoms with Crippen LogP contribution in [0.15, 0.2) is 42.5 Å². The first-order chi connectivity index (χ1) is 15.8. The Balaban J connectivity index is 1.51. The maximum absolute atomic E-state index is 12.8. The van der Waals surface area contributed by atoms with Gasteiger partial charge < -0.3 is 14.8 Å². The van der Waals surface area contributed by atoms with Gasteiger partial charge in [0.05, 0.1) is 19.0 Å². The number of rotatable bonds is 10. The van der Waals surface area contributed by atoms with Gasteiger partial charge in [0.15, 0.2) is 11.5 Å². The molecule has 7 nitrogen and oxygen atoms in total. The molecule has 2 aromatic carbocycles. The van der Waals surface area contributed by atoms with Gasteiger partial charge in [-0.2, -0.15) is 0 Å². The Labute approximate surface area is 197 Å². The van der Waals surface area contributed by atoms with Gasteiger partial charge in [-0.05, 0) is 56.9 Å². The van der Waals surface area contributed by atoms with Gasteiger partial charge in [0.25, 0.3) is 0 Å². The van der Waals surface area contributed by atoms with Crippen molar-refractivity contribution in [2.24, 2.45) is 5.92 Å². The Morgan fingerprint density at radius 1 is 1.00 bits per heavy atom. The average Bonchev–Trinajstić information content (AvgIpc) is 2.79. The molecule has 1 heterocycles. The van der Waals surface area contributed by atoms with Crippen LogP contribution in [0.2, 0.25) is 0 Å². The summed E-state index contributed by atoms with van der Waals surface area (Å²) in [4.78, 5) is 12.7. The Hall–Kier alpha value is -2.58. The zero-order valence-corrected chi connectivity index (χ0v) is 20.5. The van der Waals surface area contributed by atoms with Crippen LogP contribution in [0.5, 0.6) is 11.5 Å². The third-order valence-electron chi connectivity index (χ3n) is 5.72. The largest absolute Gasteiger partial charge is 0.490 e. The lowest BCUT2D eigenvalue weighted by atomic mass is 9.97. The summed E-state index contributed by atoms with van der Waals surface area (Å²) in [7, 11) is -3.40. The average molecular weight is 475 g/mol. The molecule has 0 saturated carbocycles. The summed E-state index contributed by atoms with van der Waals surface area (Å²) in [6.07, 6.45) is 1.04. The molecule has 0 bridgehead atoms. The van der Waals surface area contributed by atoms with Gasteiger partial charge in [-0.15, -0.1) is 0 Å². The second-order valence-electron chi connectivity index (χ2n) is 8.28. The van der Waals surface area contributed by atoms with Gasteiger partial charge in [0, 0.05) is 25.6 Å². The van der Waals surface area contributed by atoms with Gasteiger partial charge in [-0.1, -0.05) is 35.9 Å². The van der Waals surface area contributed by atoms with Crippen LogP contribution in [0, 0.1) is 12.8 Å². The number of aryl methyl sites for hydroxylation is 1. The Bertz CT molecular complexity index is 1050. The minimum absolute atomic E-state index is 0.00848. The van der Waals surface area contributed by atoms with Crippen molar-refractivity contribution in [3.05, 3.63) is 59.2 Å². The summed E-state index contributed by atoms with van der Waals surface area (Å²) in [5.41, 5.74) is 2.75. The summed E-state index contributed by atoms with van der Waals surface area (Å²) in [5, 5.41) is 2.99. The van der Waals surface area contributed by atoms with E-state index in [-0.39, 0.29) is 17.6 Å². The second kappa shape index (κ2) is 11.5. The summed E-state index contributed by atoms with van der Waals surface area (Å²) < 4.78 is 38.4. The fourth-order valence-corrected chi connectivity index (χ4v) is 5.59. The number of carbonyl (C=O) groups excluding carboxylic acids is 1. The van der Waals surface area contributed by atoms with Crippen LogP contribution in [0.4, 0.5) is 0 Å². The zero-order valence-electron chi connectivity index (χ0n) is 19.7. The molecule has 1 aliphatic rings. The molecule has 1 saturated heterocycles. The zero-order chi connectivity index (χ0) is 23.8. The van der Waals surface area contributed by atoms with E-state index in [9.17, 15) is 13.2 Å². The summed E-state index contributed by atoms with van der Waals surface area (Å²) >= 11 is 0. The molecule has 33 heavy (non-hydrogen) atoms. The van der Waals surface area contributed by atoms with Gasteiger partial charge in [0.1, 0.15) is 0 Å². The van der Waals surface area contributed by atoms with Crippen molar-refractivity contribution in [3.8, 4) is 11.5 Å². The Kier molecular flexibility index (Phi) is 8.74. The lowest BCUT2D eigenvalue weighted by molar-refractivity contribution is -0.126. The maximum Gasteiger partial charge on any atom is 0.223 e. The van der Waals surface area contributed by atoms with Crippen molar-refractivity contribution >= 4 is 15.9 Å². The highest BCUT2D eigenvalue weighted by atomic mass is 32.2. The van der Waals surface area contributed by atoms with Gasteiger partial charge in [-0.25, -0.2) is 12.7 Å². The molecule has 0 spiro atoms. The fourth-order valence-electron chi connectivity index (χ4n) is 4.04. The van der Waals surface area contributed by atoms with E-state index in [1.165, 1.54) is 4.31 Å². The van der Waals surface area contributed by atoms with Crippen molar-refractivity contribution in [1.82, 2.24) is 9.62 Å². The number of piperidine rings is 1. The number of amides is 1. The fraction of sp³-hybridized carbons (Fsp3) is 0.480. The van der Waals surface area contributed by atoms with Gasteiger partial charge in [0.2, 0.25) is 15.9 Å². The van der Waals surface area contributed by atoms with E-state index in [4.69, 9.17) is 9.47 Å². The number of benzene rings is 2. The standard InChI is InChI=1S/C25H34N2O5S/c1-4-31-23-10-9-20(16-24(23)32-5-2)17-26-25(28)22-11-13-27(14-12-22)33(29,30)18-21-8-6-7-19(3)15-21/h6-10,15-16,22H,4-5,11-14,17-18H2,1-3H3,(H,26,28). The van der Waals surface area contributed by atoms with E-state index >= 15 is 0 Å². The number of hydrogen-bond acceptors (Lipinski definition) is 5. The van der Waals surface area contributed by atoms with Crippen LogP contribution < -0.4 is 14.8 Å². The lowest BCUT2D eigenvalue weighted by Crippen LogP contribution is -2.43. The first-order valence-electron chi connectivity index (χ1n) is 11.5. The highest BCUT2D eigenvalue weighted by Gasteiger charge is 2.31. The molecule has 0 radical (unpaired) electrons. The van der Waals surface area contributed by atoms with Crippen LogP contribution >= 0.6 is 0 Å². The van der Waals surface area contributed by atoms with Crippen LogP contribution in [-0.2, 0) is 27.1 Å². The Morgan fingerprint density at radius 3 is 2.36 bits per heavy atom. The predicted molar refractivity (Wildman–Crippen MR) is 129 cm³/mol. The molecule has 0 aromatic heterocycles. The van der Waals surface area contributed by atoms with Crippen molar-refractivity contribution in [1.29, 1.82) is 0 Å². The minimum Gasteiger partial charge on any atom is -0.490 e. The SMILES string of the molecule is CCOc1ccc(CNC(=O)C2CCN(S(=O)(=O)Cc3cccc(C)c3)CC2)cc1OCC. The quantitative estimate of drug-likeness (QED) is 0.568.